The number of carboxylic acid groups (broad SMARTS) is 1. The molecule has 1 rings (SSSR count). The summed E-state index contributed by atoms with van der Waals surface area (Å²) in [7, 11) is 0. The number of nitrogens with one attached hydrogen (secondary N) is 1. The Labute approximate surface area is 128 Å². The molecule has 0 radical (unpaired) electrons. The Morgan fingerprint density at radius 1 is 1.37 bits per heavy atom. The number of aliphatic carboxylic acids is 1. The van der Waals surface area contributed by atoms with Gasteiger partial charge in [0.05, 0.1) is 11.0 Å². The lowest BCUT2D eigenvalue weighted by molar-refractivity contribution is -0.147. The highest BCUT2D eigenvalue weighted by Crippen LogP contribution is 2.23. The second-order valence-corrected chi connectivity index (χ2v) is 6.30. The van der Waals surface area contributed by atoms with Crippen molar-refractivity contribution in [2.24, 2.45) is 5.41 Å². The van der Waals surface area contributed by atoms with Gasteiger partial charge in [0, 0.05) is 15.5 Å². The van der Waals surface area contributed by atoms with Gasteiger partial charge in [0.25, 0.3) is 5.91 Å². The quantitative estimate of drug-likeness (QED) is 0.806. The van der Waals surface area contributed by atoms with Crippen LogP contribution in [0.2, 0.25) is 0 Å². The van der Waals surface area contributed by atoms with Crippen LogP contribution in [0.1, 0.15) is 30.6 Å². The maximum absolute atomic E-state index is 12.0. The average molecular weight is 393 g/mol. The fraction of sp³-hybridized carbons (Fsp3) is 0.385. The number of carbonyl (C=O) groups is 2. The van der Waals surface area contributed by atoms with Crippen molar-refractivity contribution in [3.05, 3.63) is 32.7 Å². The van der Waals surface area contributed by atoms with Gasteiger partial charge in [-0.15, -0.1) is 0 Å². The van der Waals surface area contributed by atoms with Crippen molar-refractivity contribution in [1.29, 1.82) is 0 Å². The molecule has 0 aliphatic heterocycles. The maximum atomic E-state index is 12.0. The normalized spacial score (nSPS) is 13.7. The molecule has 0 heterocycles. The van der Waals surface area contributed by atoms with Gasteiger partial charge in [0.15, 0.2) is 0 Å². The van der Waals surface area contributed by atoms with Gasteiger partial charge >= 0.3 is 5.97 Å². The van der Waals surface area contributed by atoms with Crippen LogP contribution in [0.5, 0.6) is 0 Å². The van der Waals surface area contributed by atoms with Crippen molar-refractivity contribution in [3.8, 4) is 0 Å². The minimum Gasteiger partial charge on any atom is -0.481 e. The first-order valence-corrected chi connectivity index (χ1v) is 7.35. The van der Waals surface area contributed by atoms with E-state index in [0.29, 0.717) is 16.5 Å². The highest BCUT2D eigenvalue weighted by atomic mass is 79.9. The third-order valence-corrected chi connectivity index (χ3v) is 4.26. The standard InChI is InChI=1S/C13H15Br2NO3/c1-3-13(2,12(18)19)7-16-11(17)9-5-4-8(14)6-10(9)15/h4-6H,3,7H2,1-2H3,(H,16,17)(H,18,19). The second kappa shape index (κ2) is 6.52. The first-order valence-electron chi connectivity index (χ1n) is 5.77. The Morgan fingerprint density at radius 3 is 2.47 bits per heavy atom. The van der Waals surface area contributed by atoms with E-state index in [0.717, 1.165) is 4.47 Å². The first-order chi connectivity index (χ1) is 8.80. The molecule has 0 aliphatic carbocycles. The van der Waals surface area contributed by atoms with Crippen LogP contribution in [0.25, 0.3) is 0 Å². The van der Waals surface area contributed by atoms with Gasteiger partial charge in [0.1, 0.15) is 0 Å². The maximum Gasteiger partial charge on any atom is 0.311 e. The van der Waals surface area contributed by atoms with E-state index in [2.05, 4.69) is 37.2 Å². The predicted octanol–water partition coefficient (Wildman–Crippen LogP) is 3.44. The number of amides is 1. The smallest absolute Gasteiger partial charge is 0.311 e. The molecule has 0 spiro atoms. The lowest BCUT2D eigenvalue weighted by Crippen LogP contribution is -2.40. The van der Waals surface area contributed by atoms with Crippen molar-refractivity contribution in [2.75, 3.05) is 6.54 Å². The Morgan fingerprint density at radius 2 is 2.00 bits per heavy atom. The molecule has 1 atom stereocenters. The van der Waals surface area contributed by atoms with Crippen LogP contribution in [0.3, 0.4) is 0 Å². The lowest BCUT2D eigenvalue weighted by Gasteiger charge is -2.23. The van der Waals surface area contributed by atoms with E-state index in [4.69, 9.17) is 5.11 Å². The Bertz CT molecular complexity index is 505. The summed E-state index contributed by atoms with van der Waals surface area (Å²) in [6.45, 7) is 3.50. The summed E-state index contributed by atoms with van der Waals surface area (Å²) in [6.07, 6.45) is 0.449. The summed E-state index contributed by atoms with van der Waals surface area (Å²) in [5, 5.41) is 11.8. The van der Waals surface area contributed by atoms with Crippen molar-refractivity contribution >= 4 is 43.7 Å². The molecular weight excluding hydrogens is 378 g/mol. The molecule has 0 saturated heterocycles. The molecule has 0 aliphatic rings. The lowest BCUT2D eigenvalue weighted by atomic mass is 9.87. The highest BCUT2D eigenvalue weighted by Gasteiger charge is 2.31. The van der Waals surface area contributed by atoms with Crippen molar-refractivity contribution in [3.63, 3.8) is 0 Å². The molecule has 1 unspecified atom stereocenters. The number of carboxylic acids is 1. The van der Waals surface area contributed by atoms with Gasteiger partial charge < -0.3 is 10.4 Å². The number of carbonyl (C=O) groups excluding carboxylic acids is 1. The zero-order valence-corrected chi connectivity index (χ0v) is 13.8. The molecule has 0 fully saturated rings. The summed E-state index contributed by atoms with van der Waals surface area (Å²) in [5.74, 6) is -1.20. The van der Waals surface area contributed by atoms with Gasteiger partial charge in [-0.3, -0.25) is 9.59 Å². The predicted molar refractivity (Wildman–Crippen MR) is 80.2 cm³/mol. The minimum absolute atomic E-state index is 0.0974. The topological polar surface area (TPSA) is 66.4 Å². The van der Waals surface area contributed by atoms with Crippen LogP contribution < -0.4 is 5.32 Å². The summed E-state index contributed by atoms with van der Waals surface area (Å²) >= 11 is 6.61. The van der Waals surface area contributed by atoms with Crippen LogP contribution in [0, 0.1) is 5.41 Å². The molecular formula is C13H15Br2NO3. The molecule has 0 saturated carbocycles. The van der Waals surface area contributed by atoms with Crippen LogP contribution >= 0.6 is 31.9 Å². The van der Waals surface area contributed by atoms with Gasteiger partial charge in [0.2, 0.25) is 0 Å². The Kier molecular flexibility index (Phi) is 5.55. The van der Waals surface area contributed by atoms with Gasteiger partial charge in [-0.25, -0.2) is 0 Å². The fourth-order valence-corrected chi connectivity index (χ4v) is 2.62. The highest BCUT2D eigenvalue weighted by molar-refractivity contribution is 9.11. The molecule has 19 heavy (non-hydrogen) atoms. The monoisotopic (exact) mass is 391 g/mol. The zero-order chi connectivity index (χ0) is 14.6. The van der Waals surface area contributed by atoms with E-state index < -0.39 is 11.4 Å². The van der Waals surface area contributed by atoms with Crippen molar-refractivity contribution in [2.45, 2.75) is 20.3 Å². The molecule has 6 heteroatoms. The van der Waals surface area contributed by atoms with Crippen LogP contribution in [-0.4, -0.2) is 23.5 Å². The summed E-state index contributed by atoms with van der Waals surface area (Å²) < 4.78 is 1.52. The SMILES string of the molecule is CCC(C)(CNC(=O)c1ccc(Br)cc1Br)C(=O)O. The molecule has 104 valence electrons. The van der Waals surface area contributed by atoms with E-state index >= 15 is 0 Å². The molecule has 4 nitrogen and oxygen atoms in total. The van der Waals surface area contributed by atoms with E-state index in [-0.39, 0.29) is 12.5 Å². The van der Waals surface area contributed by atoms with Gasteiger partial charge in [-0.1, -0.05) is 22.9 Å². The van der Waals surface area contributed by atoms with Crippen LogP contribution in [-0.2, 0) is 4.79 Å². The molecule has 1 aromatic rings. The van der Waals surface area contributed by atoms with Gasteiger partial charge in [-0.05, 0) is 47.5 Å². The molecule has 0 bridgehead atoms. The fourth-order valence-electron chi connectivity index (χ4n) is 1.40. The third-order valence-electron chi connectivity index (χ3n) is 3.11. The van der Waals surface area contributed by atoms with Crippen molar-refractivity contribution < 1.29 is 14.7 Å². The number of halogens is 2. The minimum atomic E-state index is -0.947. The second-order valence-electron chi connectivity index (χ2n) is 4.53. The van der Waals surface area contributed by atoms with E-state index in [9.17, 15) is 9.59 Å². The molecule has 1 aromatic carbocycles. The van der Waals surface area contributed by atoms with Gasteiger partial charge in [-0.2, -0.15) is 0 Å². The zero-order valence-electron chi connectivity index (χ0n) is 10.7. The number of hydrogen-bond acceptors (Lipinski definition) is 2. The number of rotatable bonds is 5. The van der Waals surface area contributed by atoms with Crippen LogP contribution in [0.15, 0.2) is 27.1 Å². The summed E-state index contributed by atoms with van der Waals surface area (Å²) in [5.41, 5.74) is -0.468. The first kappa shape index (κ1) is 16.2. The molecule has 2 N–H and O–H groups in total. The average Bonchev–Trinajstić information content (AvgIpc) is 2.35. The van der Waals surface area contributed by atoms with E-state index in [1.54, 1.807) is 32.0 Å². The van der Waals surface area contributed by atoms with E-state index in [1.165, 1.54) is 0 Å². The number of hydrogen-bond donors (Lipinski definition) is 2. The van der Waals surface area contributed by atoms with Crippen molar-refractivity contribution in [1.82, 2.24) is 5.32 Å². The molecule has 0 aromatic heterocycles. The summed E-state index contributed by atoms with van der Waals surface area (Å²) in [4.78, 5) is 23.2. The number of benzene rings is 1. The third kappa shape index (κ3) is 4.04. The Balaban J connectivity index is 2.78. The summed E-state index contributed by atoms with van der Waals surface area (Å²) in [6, 6.07) is 5.20. The Hall–Kier alpha value is -0.880. The van der Waals surface area contributed by atoms with E-state index in [1.807, 2.05) is 0 Å². The largest absolute Gasteiger partial charge is 0.481 e. The molecule has 1 amide bonds. The van der Waals surface area contributed by atoms with Crippen LogP contribution in [0.4, 0.5) is 0 Å².